The molecule has 0 bridgehead atoms. The zero-order valence-electron chi connectivity index (χ0n) is 6.96. The van der Waals surface area contributed by atoms with Gasteiger partial charge >= 0.3 is 0 Å². The van der Waals surface area contributed by atoms with E-state index in [0.717, 1.165) is 5.56 Å². The molecule has 1 rings (SSSR count). The van der Waals surface area contributed by atoms with Gasteiger partial charge in [-0.05, 0) is 13.1 Å². The lowest BCUT2D eigenvalue weighted by molar-refractivity contribution is 0.938. The predicted octanol–water partition coefficient (Wildman–Crippen LogP) is 0.235. The second-order valence-electron chi connectivity index (χ2n) is 2.30. The lowest BCUT2D eigenvalue weighted by Gasteiger charge is -1.93. The summed E-state index contributed by atoms with van der Waals surface area (Å²) in [4.78, 5) is 3.86. The molecule has 0 radical (unpaired) electrons. The molecule has 0 aliphatic carbocycles. The van der Waals surface area contributed by atoms with Crippen molar-refractivity contribution in [1.82, 2.24) is 10.3 Å². The fourth-order valence-corrected chi connectivity index (χ4v) is 0.748. The number of pyridine rings is 1. The third kappa shape index (κ3) is 2.26. The van der Waals surface area contributed by atoms with Crippen molar-refractivity contribution in [1.29, 1.82) is 0 Å². The maximum absolute atomic E-state index is 5.62. The van der Waals surface area contributed by atoms with Gasteiger partial charge in [0.05, 0.1) is 24.0 Å². The summed E-state index contributed by atoms with van der Waals surface area (Å²) in [6.45, 7) is 0.668. The van der Waals surface area contributed by atoms with Gasteiger partial charge in [-0.15, -0.1) is 0 Å². The summed E-state index contributed by atoms with van der Waals surface area (Å²) in [6, 6.07) is 1.80. The fraction of sp³-hybridized carbons (Fsp3) is 0.222. The molecule has 1 aromatic rings. The van der Waals surface area contributed by atoms with Gasteiger partial charge < -0.3 is 11.1 Å². The number of anilines is 1. The molecular formula is C9H11N3. The molecule has 1 aromatic heterocycles. The molecule has 62 valence electrons. The van der Waals surface area contributed by atoms with Crippen molar-refractivity contribution in [2.75, 3.05) is 19.3 Å². The number of hydrogen-bond acceptors (Lipinski definition) is 3. The maximum Gasteiger partial charge on any atom is 0.0659 e. The van der Waals surface area contributed by atoms with E-state index in [9.17, 15) is 0 Å². The first-order valence-corrected chi connectivity index (χ1v) is 3.67. The molecule has 0 fully saturated rings. The molecule has 12 heavy (non-hydrogen) atoms. The van der Waals surface area contributed by atoms with Gasteiger partial charge in [0.25, 0.3) is 0 Å². The quantitative estimate of drug-likeness (QED) is 0.580. The monoisotopic (exact) mass is 161 g/mol. The van der Waals surface area contributed by atoms with Crippen LogP contribution in [0.4, 0.5) is 5.69 Å². The number of nitrogens with zero attached hydrogens (tertiary/aromatic N) is 1. The second kappa shape index (κ2) is 4.37. The molecule has 0 saturated carbocycles. The van der Waals surface area contributed by atoms with Crippen LogP contribution in [0.3, 0.4) is 0 Å². The topological polar surface area (TPSA) is 50.9 Å². The minimum Gasteiger partial charge on any atom is -0.396 e. The number of hydrogen-bond donors (Lipinski definition) is 2. The first kappa shape index (κ1) is 8.57. The highest BCUT2D eigenvalue weighted by molar-refractivity contribution is 5.53. The van der Waals surface area contributed by atoms with Crippen LogP contribution in [-0.2, 0) is 0 Å². The average Bonchev–Trinajstić information content (AvgIpc) is 2.09. The van der Waals surface area contributed by atoms with Crippen molar-refractivity contribution in [3.8, 4) is 11.8 Å². The third-order valence-corrected chi connectivity index (χ3v) is 1.34. The van der Waals surface area contributed by atoms with E-state index in [0.29, 0.717) is 12.2 Å². The highest BCUT2D eigenvalue weighted by Gasteiger charge is 1.90. The second-order valence-corrected chi connectivity index (χ2v) is 2.30. The Kier molecular flexibility index (Phi) is 3.12. The van der Waals surface area contributed by atoms with Crippen LogP contribution in [0.15, 0.2) is 18.5 Å². The van der Waals surface area contributed by atoms with E-state index in [1.54, 1.807) is 18.5 Å². The first-order valence-electron chi connectivity index (χ1n) is 3.67. The zero-order valence-corrected chi connectivity index (χ0v) is 6.96. The van der Waals surface area contributed by atoms with Gasteiger partial charge in [-0.25, -0.2) is 0 Å². The summed E-state index contributed by atoms with van der Waals surface area (Å²) < 4.78 is 0. The molecule has 0 aliphatic heterocycles. The Morgan fingerprint density at radius 1 is 1.67 bits per heavy atom. The standard InChI is InChI=1S/C9H11N3/c1-11-5-2-3-8-4-6-12-7-9(8)10/h4,6-7,11H,5,10H2,1H3. The smallest absolute Gasteiger partial charge is 0.0659 e. The van der Waals surface area contributed by atoms with E-state index in [4.69, 9.17) is 5.73 Å². The minimum atomic E-state index is 0.626. The van der Waals surface area contributed by atoms with Gasteiger partial charge in [0.1, 0.15) is 0 Å². The zero-order chi connectivity index (χ0) is 8.81. The Morgan fingerprint density at radius 2 is 2.50 bits per heavy atom. The van der Waals surface area contributed by atoms with E-state index >= 15 is 0 Å². The summed E-state index contributed by atoms with van der Waals surface area (Å²) >= 11 is 0. The summed E-state index contributed by atoms with van der Waals surface area (Å²) in [5.74, 6) is 5.86. The Morgan fingerprint density at radius 3 is 3.17 bits per heavy atom. The Balaban J connectivity index is 2.77. The molecule has 0 atom stereocenters. The molecule has 3 nitrogen and oxygen atoms in total. The van der Waals surface area contributed by atoms with Crippen molar-refractivity contribution in [2.24, 2.45) is 0 Å². The Hall–Kier alpha value is -1.53. The lowest BCUT2D eigenvalue weighted by atomic mass is 10.2. The predicted molar refractivity (Wildman–Crippen MR) is 49.5 cm³/mol. The number of nitrogens with one attached hydrogen (secondary N) is 1. The molecular weight excluding hydrogens is 150 g/mol. The van der Waals surface area contributed by atoms with Crippen molar-refractivity contribution >= 4 is 5.69 Å². The molecule has 0 amide bonds. The number of nitrogens with two attached hydrogens (primary N) is 1. The SMILES string of the molecule is CNCC#Cc1ccncc1N. The van der Waals surface area contributed by atoms with E-state index in [2.05, 4.69) is 22.1 Å². The van der Waals surface area contributed by atoms with Gasteiger partial charge in [-0.2, -0.15) is 0 Å². The first-order chi connectivity index (χ1) is 5.84. The van der Waals surface area contributed by atoms with Crippen molar-refractivity contribution in [3.63, 3.8) is 0 Å². The van der Waals surface area contributed by atoms with Crippen LogP contribution >= 0.6 is 0 Å². The molecule has 0 unspecified atom stereocenters. The van der Waals surface area contributed by atoms with Gasteiger partial charge in [0.2, 0.25) is 0 Å². The van der Waals surface area contributed by atoms with Gasteiger partial charge in [-0.3, -0.25) is 4.98 Å². The average molecular weight is 161 g/mol. The molecule has 0 saturated heterocycles. The molecule has 3 N–H and O–H groups in total. The summed E-state index contributed by atoms with van der Waals surface area (Å²) in [5.41, 5.74) is 7.08. The number of nitrogen functional groups attached to an aromatic ring is 1. The van der Waals surface area contributed by atoms with E-state index < -0.39 is 0 Å². The summed E-state index contributed by atoms with van der Waals surface area (Å²) in [7, 11) is 1.85. The largest absolute Gasteiger partial charge is 0.396 e. The van der Waals surface area contributed by atoms with Crippen LogP contribution in [0.25, 0.3) is 0 Å². The van der Waals surface area contributed by atoms with Crippen LogP contribution < -0.4 is 11.1 Å². The van der Waals surface area contributed by atoms with Crippen LogP contribution in [0, 0.1) is 11.8 Å². The molecule has 0 aliphatic rings. The van der Waals surface area contributed by atoms with Crippen LogP contribution in [0.5, 0.6) is 0 Å². The number of aromatic nitrogens is 1. The van der Waals surface area contributed by atoms with E-state index in [1.165, 1.54) is 0 Å². The molecule has 0 aromatic carbocycles. The highest BCUT2D eigenvalue weighted by atomic mass is 14.8. The van der Waals surface area contributed by atoms with Crippen molar-refractivity contribution in [3.05, 3.63) is 24.0 Å². The van der Waals surface area contributed by atoms with Gasteiger partial charge in [0, 0.05) is 6.20 Å². The highest BCUT2D eigenvalue weighted by Crippen LogP contribution is 2.05. The summed E-state index contributed by atoms with van der Waals surface area (Å²) in [6.07, 6.45) is 3.28. The molecule has 0 spiro atoms. The van der Waals surface area contributed by atoms with Gasteiger partial charge in [-0.1, -0.05) is 11.8 Å². The number of rotatable bonds is 1. The fourth-order valence-electron chi connectivity index (χ4n) is 0.748. The Bertz CT molecular complexity index is 309. The third-order valence-electron chi connectivity index (χ3n) is 1.34. The van der Waals surface area contributed by atoms with Crippen molar-refractivity contribution in [2.45, 2.75) is 0 Å². The summed E-state index contributed by atoms with van der Waals surface area (Å²) in [5, 5.41) is 2.93. The van der Waals surface area contributed by atoms with Crippen LogP contribution in [0.2, 0.25) is 0 Å². The Labute approximate surface area is 72.0 Å². The molecule has 1 heterocycles. The minimum absolute atomic E-state index is 0.626. The van der Waals surface area contributed by atoms with Crippen LogP contribution in [-0.4, -0.2) is 18.6 Å². The normalized spacial score (nSPS) is 8.75. The van der Waals surface area contributed by atoms with E-state index in [1.807, 2.05) is 7.05 Å². The maximum atomic E-state index is 5.62. The van der Waals surface area contributed by atoms with Crippen LogP contribution in [0.1, 0.15) is 5.56 Å². The molecule has 3 heteroatoms. The van der Waals surface area contributed by atoms with Crippen molar-refractivity contribution < 1.29 is 0 Å². The lowest BCUT2D eigenvalue weighted by Crippen LogP contribution is -2.04. The van der Waals surface area contributed by atoms with Gasteiger partial charge in [0.15, 0.2) is 0 Å². The van der Waals surface area contributed by atoms with E-state index in [-0.39, 0.29) is 0 Å².